The summed E-state index contributed by atoms with van der Waals surface area (Å²) < 4.78 is 5.26. The number of unbranched alkanes of at least 4 members (excludes halogenated alkanes) is 1. The van der Waals surface area contributed by atoms with Crippen LogP contribution in [0.4, 0.5) is 4.79 Å². The molecule has 1 aromatic carbocycles. The van der Waals surface area contributed by atoms with E-state index in [1.165, 1.54) is 18.4 Å². The molecule has 6 heteroatoms. The SMILES string of the molecule is CC(C)N(C)CCCCc1ccc(-c2ncc(CNC(=O)OC(C)(C)C)s2)cc1. The second kappa shape index (κ2) is 10.7. The van der Waals surface area contributed by atoms with Crippen LogP contribution >= 0.6 is 11.3 Å². The first-order chi connectivity index (χ1) is 13.6. The van der Waals surface area contributed by atoms with Crippen LogP contribution in [0.2, 0.25) is 0 Å². The highest BCUT2D eigenvalue weighted by Gasteiger charge is 2.16. The Kier molecular flexibility index (Phi) is 8.65. The quantitative estimate of drug-likeness (QED) is 0.548. The van der Waals surface area contributed by atoms with Crippen LogP contribution in [-0.2, 0) is 17.7 Å². The van der Waals surface area contributed by atoms with Crippen LogP contribution in [0.25, 0.3) is 10.6 Å². The lowest BCUT2D eigenvalue weighted by Crippen LogP contribution is -2.31. The van der Waals surface area contributed by atoms with Crippen LogP contribution < -0.4 is 5.32 Å². The van der Waals surface area contributed by atoms with Crippen molar-refractivity contribution in [1.29, 1.82) is 0 Å². The molecule has 160 valence electrons. The lowest BCUT2D eigenvalue weighted by molar-refractivity contribution is 0.0524. The summed E-state index contributed by atoms with van der Waals surface area (Å²) in [7, 11) is 2.19. The van der Waals surface area contributed by atoms with Gasteiger partial charge in [0, 0.05) is 22.7 Å². The number of carbonyl (C=O) groups excluding carboxylic acids is 1. The Hall–Kier alpha value is -1.92. The van der Waals surface area contributed by atoms with Gasteiger partial charge < -0.3 is 15.0 Å². The second-order valence-corrected chi connectivity index (χ2v) is 9.83. The zero-order chi connectivity index (χ0) is 21.4. The summed E-state index contributed by atoms with van der Waals surface area (Å²) in [5, 5.41) is 3.75. The van der Waals surface area contributed by atoms with E-state index in [1.54, 1.807) is 11.3 Å². The molecule has 0 aliphatic heterocycles. The van der Waals surface area contributed by atoms with Gasteiger partial charge in [-0.25, -0.2) is 9.78 Å². The van der Waals surface area contributed by atoms with Crippen molar-refractivity contribution < 1.29 is 9.53 Å². The van der Waals surface area contributed by atoms with Crippen LogP contribution in [0.15, 0.2) is 30.5 Å². The molecule has 0 saturated heterocycles. The zero-order valence-electron chi connectivity index (χ0n) is 18.6. The van der Waals surface area contributed by atoms with E-state index in [9.17, 15) is 4.79 Å². The first-order valence-corrected chi connectivity index (χ1v) is 11.2. The molecule has 5 nitrogen and oxygen atoms in total. The van der Waals surface area contributed by atoms with E-state index in [0.717, 1.165) is 28.4 Å². The minimum atomic E-state index is -0.491. The molecular weight excluding hydrogens is 382 g/mol. The molecule has 0 bridgehead atoms. The van der Waals surface area contributed by atoms with E-state index in [4.69, 9.17) is 4.74 Å². The number of benzene rings is 1. The van der Waals surface area contributed by atoms with Gasteiger partial charge >= 0.3 is 6.09 Å². The van der Waals surface area contributed by atoms with E-state index in [2.05, 4.69) is 60.4 Å². The molecule has 0 spiro atoms. The summed E-state index contributed by atoms with van der Waals surface area (Å²) in [5.41, 5.74) is 1.99. The molecule has 29 heavy (non-hydrogen) atoms. The third kappa shape index (κ3) is 8.54. The molecule has 0 aliphatic rings. The molecule has 1 amide bonds. The maximum atomic E-state index is 11.8. The summed E-state index contributed by atoms with van der Waals surface area (Å²) >= 11 is 1.59. The van der Waals surface area contributed by atoms with E-state index in [1.807, 2.05) is 27.0 Å². The van der Waals surface area contributed by atoms with Crippen molar-refractivity contribution in [3.63, 3.8) is 0 Å². The van der Waals surface area contributed by atoms with Crippen molar-refractivity contribution in [2.45, 2.75) is 72.1 Å². The Morgan fingerprint density at radius 2 is 1.90 bits per heavy atom. The van der Waals surface area contributed by atoms with Crippen molar-refractivity contribution in [3.05, 3.63) is 40.9 Å². The molecule has 1 N–H and O–H groups in total. The molecule has 0 radical (unpaired) electrons. The smallest absolute Gasteiger partial charge is 0.407 e. The van der Waals surface area contributed by atoms with Gasteiger partial charge in [0.1, 0.15) is 10.6 Å². The fourth-order valence-corrected chi connectivity index (χ4v) is 3.62. The van der Waals surface area contributed by atoms with Crippen molar-refractivity contribution >= 4 is 17.4 Å². The van der Waals surface area contributed by atoms with Gasteiger partial charge in [-0.1, -0.05) is 24.3 Å². The van der Waals surface area contributed by atoms with Gasteiger partial charge in [-0.2, -0.15) is 0 Å². The number of thiazole rings is 1. The van der Waals surface area contributed by atoms with Crippen molar-refractivity contribution in [1.82, 2.24) is 15.2 Å². The van der Waals surface area contributed by atoms with Gasteiger partial charge in [0.2, 0.25) is 0 Å². The number of rotatable bonds is 9. The van der Waals surface area contributed by atoms with Crippen LogP contribution in [0.3, 0.4) is 0 Å². The molecule has 0 atom stereocenters. The summed E-state index contributed by atoms with van der Waals surface area (Å²) in [6.07, 6.45) is 4.94. The summed E-state index contributed by atoms with van der Waals surface area (Å²) in [6.45, 7) is 11.6. The maximum absolute atomic E-state index is 11.8. The standard InChI is InChI=1S/C23H35N3O2S/c1-17(2)26(6)14-8-7-9-18-10-12-19(13-11-18)21-24-15-20(29-21)16-25-22(27)28-23(3,4)5/h10-13,15,17H,7-9,14,16H2,1-6H3,(H,25,27). The second-order valence-electron chi connectivity index (χ2n) is 8.72. The van der Waals surface area contributed by atoms with Crippen molar-refractivity contribution in [2.75, 3.05) is 13.6 Å². The minimum absolute atomic E-state index is 0.406. The average Bonchev–Trinajstić information content (AvgIpc) is 3.11. The third-order valence-corrected chi connectivity index (χ3v) is 5.71. The zero-order valence-corrected chi connectivity index (χ0v) is 19.4. The fraction of sp³-hybridized carbons (Fsp3) is 0.565. The average molecular weight is 418 g/mol. The van der Waals surface area contributed by atoms with E-state index in [-0.39, 0.29) is 0 Å². The van der Waals surface area contributed by atoms with Crippen LogP contribution in [-0.4, -0.2) is 41.2 Å². The number of hydrogen-bond acceptors (Lipinski definition) is 5. The number of aromatic nitrogens is 1. The summed E-state index contributed by atoms with van der Waals surface area (Å²) in [6, 6.07) is 9.28. The number of hydrogen-bond donors (Lipinski definition) is 1. The molecule has 2 aromatic rings. The number of carbonyl (C=O) groups is 1. The lowest BCUT2D eigenvalue weighted by atomic mass is 10.1. The molecule has 1 aromatic heterocycles. The highest BCUT2D eigenvalue weighted by Crippen LogP contribution is 2.25. The van der Waals surface area contributed by atoms with Gasteiger partial charge in [-0.15, -0.1) is 11.3 Å². The number of aryl methyl sites for hydroxylation is 1. The lowest BCUT2D eigenvalue weighted by Gasteiger charge is -2.20. The Morgan fingerprint density at radius 3 is 2.52 bits per heavy atom. The Balaban J connectivity index is 1.80. The first-order valence-electron chi connectivity index (χ1n) is 10.3. The summed E-state index contributed by atoms with van der Waals surface area (Å²) in [5.74, 6) is 0. The molecule has 0 saturated carbocycles. The first kappa shape index (κ1) is 23.4. The molecule has 1 heterocycles. The molecule has 0 fully saturated rings. The normalized spacial score (nSPS) is 11.9. The topological polar surface area (TPSA) is 54.5 Å². The fourth-order valence-electron chi connectivity index (χ4n) is 2.76. The minimum Gasteiger partial charge on any atom is -0.444 e. The van der Waals surface area contributed by atoms with Crippen molar-refractivity contribution in [2.24, 2.45) is 0 Å². The molecular formula is C23H35N3O2S. The Morgan fingerprint density at radius 1 is 1.21 bits per heavy atom. The Bertz CT molecular complexity index is 763. The van der Waals surface area contributed by atoms with Crippen molar-refractivity contribution in [3.8, 4) is 10.6 Å². The monoisotopic (exact) mass is 417 g/mol. The van der Waals surface area contributed by atoms with Gasteiger partial charge in [-0.3, -0.25) is 0 Å². The van der Waals surface area contributed by atoms with Gasteiger partial charge in [0.15, 0.2) is 0 Å². The largest absolute Gasteiger partial charge is 0.444 e. The van der Waals surface area contributed by atoms with Gasteiger partial charge in [0.05, 0.1) is 6.54 Å². The van der Waals surface area contributed by atoms with Gasteiger partial charge in [-0.05, 0) is 73.0 Å². The maximum Gasteiger partial charge on any atom is 0.407 e. The number of nitrogens with zero attached hydrogens (tertiary/aromatic N) is 2. The van der Waals surface area contributed by atoms with E-state index < -0.39 is 11.7 Å². The van der Waals surface area contributed by atoms with E-state index >= 15 is 0 Å². The van der Waals surface area contributed by atoms with Gasteiger partial charge in [0.25, 0.3) is 0 Å². The molecule has 0 aliphatic carbocycles. The number of alkyl carbamates (subject to hydrolysis) is 1. The number of amides is 1. The Labute approximate surface area is 179 Å². The van der Waals surface area contributed by atoms with E-state index in [0.29, 0.717) is 12.6 Å². The molecule has 0 unspecified atom stereocenters. The third-order valence-electron chi connectivity index (χ3n) is 4.67. The predicted octanol–water partition coefficient (Wildman–Crippen LogP) is 5.50. The molecule has 2 rings (SSSR count). The summed E-state index contributed by atoms with van der Waals surface area (Å²) in [4.78, 5) is 19.7. The van der Waals surface area contributed by atoms with Crippen LogP contribution in [0.1, 0.15) is 57.9 Å². The highest BCUT2D eigenvalue weighted by atomic mass is 32.1. The van der Waals surface area contributed by atoms with Crippen LogP contribution in [0.5, 0.6) is 0 Å². The predicted molar refractivity (Wildman–Crippen MR) is 121 cm³/mol. The highest BCUT2D eigenvalue weighted by molar-refractivity contribution is 7.15. The number of nitrogens with one attached hydrogen (secondary N) is 1. The van der Waals surface area contributed by atoms with Crippen LogP contribution in [0, 0.1) is 0 Å². The number of ether oxygens (including phenoxy) is 1.